The van der Waals surface area contributed by atoms with Crippen LogP contribution < -0.4 is 0 Å². The van der Waals surface area contributed by atoms with E-state index >= 15 is 0 Å². The fourth-order valence-corrected chi connectivity index (χ4v) is 8.61. The molecule has 0 aromatic carbocycles. The molecule has 0 aromatic heterocycles. The molecule has 1 spiro atoms. The van der Waals surface area contributed by atoms with Crippen molar-refractivity contribution >= 4 is 17.9 Å². The summed E-state index contributed by atoms with van der Waals surface area (Å²) in [7, 11) is 1.38. The van der Waals surface area contributed by atoms with Crippen LogP contribution in [0.4, 0.5) is 0 Å². The van der Waals surface area contributed by atoms with Gasteiger partial charge in [0.2, 0.25) is 0 Å². The molecule has 1 heterocycles. The second-order valence-corrected chi connectivity index (χ2v) is 10.4. The first-order valence-corrected chi connectivity index (χ1v) is 10.8. The van der Waals surface area contributed by atoms with Crippen LogP contribution in [0.5, 0.6) is 0 Å². The predicted octanol–water partition coefficient (Wildman–Crippen LogP) is 1.99. The highest BCUT2D eigenvalue weighted by Gasteiger charge is 2.85. The van der Waals surface area contributed by atoms with E-state index in [1.165, 1.54) is 14.0 Å². The average molecular weight is 408 g/mol. The quantitative estimate of drug-likeness (QED) is 0.551. The van der Waals surface area contributed by atoms with Crippen molar-refractivity contribution in [3.63, 3.8) is 0 Å². The second-order valence-electron chi connectivity index (χ2n) is 10.4. The molecule has 5 rings (SSSR count). The van der Waals surface area contributed by atoms with Crippen molar-refractivity contribution in [2.24, 2.45) is 34.5 Å². The lowest BCUT2D eigenvalue weighted by atomic mass is 9.62. The highest BCUT2D eigenvalue weighted by molar-refractivity contribution is 5.85. The molecule has 4 aliphatic carbocycles. The van der Waals surface area contributed by atoms with Crippen LogP contribution >= 0.6 is 0 Å². The van der Waals surface area contributed by atoms with Crippen molar-refractivity contribution in [1.29, 1.82) is 0 Å². The summed E-state index contributed by atoms with van der Waals surface area (Å²) < 4.78 is 17.3. The minimum atomic E-state index is -1.11. The Labute approximate surface area is 170 Å². The van der Waals surface area contributed by atoms with Gasteiger partial charge in [-0.2, -0.15) is 0 Å². The van der Waals surface area contributed by atoms with Crippen LogP contribution in [0.1, 0.15) is 59.3 Å². The molecule has 0 radical (unpaired) electrons. The zero-order valence-electron chi connectivity index (χ0n) is 17.5. The monoisotopic (exact) mass is 408 g/mol. The summed E-state index contributed by atoms with van der Waals surface area (Å²) in [5, 5.41) is 10.8. The van der Waals surface area contributed by atoms with Crippen molar-refractivity contribution < 1.29 is 33.7 Å². The Bertz CT molecular complexity index is 809. The van der Waals surface area contributed by atoms with Gasteiger partial charge in [0.15, 0.2) is 0 Å². The Hall–Kier alpha value is -1.63. The summed E-state index contributed by atoms with van der Waals surface area (Å²) in [5.74, 6) is -1.88. The number of carbonyl (C=O) groups excluding carboxylic acids is 3. The minimum absolute atomic E-state index is 0.0102. The van der Waals surface area contributed by atoms with E-state index in [4.69, 9.17) is 14.2 Å². The van der Waals surface area contributed by atoms with Gasteiger partial charge in [0.1, 0.15) is 11.2 Å². The molecule has 4 bridgehead atoms. The number of esters is 3. The largest absolute Gasteiger partial charge is 0.469 e. The standard InChI is InChI=1S/C22H30O7/c1-11-9-20-10-21(11,28-12(2)23)7-5-13(20)22-8-6-14(24)19(3,18(26)29-22)16(22)15(20)17(25)27-4/h11,13-16,24H,5-10H2,1-4H3/t11?,13-,14?,15-,16-,19+,20+,21+,22-/m1/s1/i14+2. The number of fused-ring (bicyclic) bond motifs is 1. The highest BCUT2D eigenvalue weighted by Crippen LogP contribution is 2.79. The van der Waals surface area contributed by atoms with E-state index < -0.39 is 40.0 Å². The predicted molar refractivity (Wildman–Crippen MR) is 99.2 cm³/mol. The lowest BCUT2D eigenvalue weighted by molar-refractivity contribution is -0.173. The number of hydrogen-bond acceptors (Lipinski definition) is 7. The molecule has 2 unspecified atom stereocenters. The molecule has 160 valence electrons. The lowest BCUT2D eigenvalue weighted by Crippen LogP contribution is -2.53. The van der Waals surface area contributed by atoms with E-state index in [2.05, 4.69) is 6.92 Å². The van der Waals surface area contributed by atoms with E-state index in [9.17, 15) is 19.5 Å². The molecule has 4 saturated carbocycles. The van der Waals surface area contributed by atoms with Crippen LogP contribution in [0, 0.1) is 34.5 Å². The Morgan fingerprint density at radius 2 is 2.03 bits per heavy atom. The van der Waals surface area contributed by atoms with Gasteiger partial charge in [-0.15, -0.1) is 0 Å². The van der Waals surface area contributed by atoms with Gasteiger partial charge in [-0.3, -0.25) is 14.4 Å². The van der Waals surface area contributed by atoms with Crippen LogP contribution in [-0.4, -0.2) is 47.4 Å². The Morgan fingerprint density at radius 3 is 2.69 bits per heavy atom. The van der Waals surface area contributed by atoms with E-state index in [1.54, 1.807) is 6.92 Å². The number of aliphatic hydroxyl groups excluding tert-OH is 1. The number of carbonyl (C=O) groups is 3. The number of hydrogen-bond donors (Lipinski definition) is 1. The van der Waals surface area contributed by atoms with Gasteiger partial charge in [-0.1, -0.05) is 6.92 Å². The van der Waals surface area contributed by atoms with Gasteiger partial charge in [0, 0.05) is 18.8 Å². The summed E-state index contributed by atoms with van der Waals surface area (Å²) in [6, 6.07) is 0. The molecule has 1 aliphatic heterocycles. The molecular formula is C22H30O7. The number of methoxy groups -OCH3 is 1. The third-order valence-electron chi connectivity index (χ3n) is 9.50. The first-order chi connectivity index (χ1) is 13.6. The normalized spacial score (nSPS) is 54.4. The molecule has 0 aromatic rings. The van der Waals surface area contributed by atoms with Crippen LogP contribution in [0.3, 0.4) is 0 Å². The molecule has 9 atom stereocenters. The molecule has 7 heteroatoms. The van der Waals surface area contributed by atoms with E-state index in [1.807, 2.05) is 0 Å². The molecule has 0 amide bonds. The molecule has 1 N–H and O–H groups in total. The van der Waals surface area contributed by atoms with E-state index in [0.29, 0.717) is 25.7 Å². The first kappa shape index (κ1) is 19.3. The third kappa shape index (κ3) is 1.96. The van der Waals surface area contributed by atoms with Crippen LogP contribution in [0.25, 0.3) is 0 Å². The maximum Gasteiger partial charge on any atom is 0.315 e. The van der Waals surface area contributed by atoms with Gasteiger partial charge < -0.3 is 19.3 Å². The van der Waals surface area contributed by atoms with E-state index in [0.717, 1.165) is 12.8 Å². The Kier molecular flexibility index (Phi) is 3.69. The van der Waals surface area contributed by atoms with Crippen LogP contribution in [-0.2, 0) is 28.6 Å². The van der Waals surface area contributed by atoms with Crippen molar-refractivity contribution in [3.05, 3.63) is 0 Å². The van der Waals surface area contributed by atoms with Crippen molar-refractivity contribution in [2.45, 2.75) is 76.6 Å². The van der Waals surface area contributed by atoms with Gasteiger partial charge >= 0.3 is 17.9 Å². The third-order valence-corrected chi connectivity index (χ3v) is 9.50. The molecule has 1 saturated heterocycles. The lowest BCUT2D eigenvalue weighted by Gasteiger charge is -2.47. The SMILES string of the molecule is COC(=O)[C@H]1[C@H]2[C@@]3(CC[14CH](O)[C@]2(C)C(=O)O3)[C@@H]2CC[C@]3(OC(C)=O)C[C@@]21CC3C. The molecule has 7 nitrogen and oxygen atoms in total. The average Bonchev–Trinajstić information content (AvgIpc) is 3.08. The first-order valence-electron chi connectivity index (χ1n) is 10.8. The zero-order valence-corrected chi connectivity index (χ0v) is 17.5. The van der Waals surface area contributed by atoms with Gasteiger partial charge in [-0.05, 0) is 56.8 Å². The van der Waals surface area contributed by atoms with Gasteiger partial charge in [-0.25, -0.2) is 0 Å². The molecular weight excluding hydrogens is 378 g/mol. The van der Waals surface area contributed by atoms with Crippen molar-refractivity contribution in [3.8, 4) is 0 Å². The number of aliphatic hydroxyl groups is 1. The maximum absolute atomic E-state index is 13.2. The van der Waals surface area contributed by atoms with Crippen molar-refractivity contribution in [2.75, 3.05) is 7.11 Å². The van der Waals surface area contributed by atoms with Gasteiger partial charge in [0.25, 0.3) is 0 Å². The van der Waals surface area contributed by atoms with Gasteiger partial charge in [0.05, 0.1) is 24.5 Å². The fourth-order valence-electron chi connectivity index (χ4n) is 8.61. The topological polar surface area (TPSA) is 99.1 Å². The number of ether oxygens (including phenoxy) is 3. The zero-order chi connectivity index (χ0) is 21.0. The number of rotatable bonds is 2. The molecule has 5 fully saturated rings. The Morgan fingerprint density at radius 1 is 1.31 bits per heavy atom. The summed E-state index contributed by atoms with van der Waals surface area (Å²) >= 11 is 0. The van der Waals surface area contributed by atoms with E-state index in [-0.39, 0.29) is 29.7 Å². The minimum Gasteiger partial charge on any atom is -0.469 e. The summed E-state index contributed by atoms with van der Waals surface area (Å²) in [5.41, 5.74) is -2.88. The van der Waals surface area contributed by atoms with Crippen molar-refractivity contribution in [1.82, 2.24) is 0 Å². The van der Waals surface area contributed by atoms with Crippen LogP contribution in [0.2, 0.25) is 0 Å². The van der Waals surface area contributed by atoms with Crippen LogP contribution in [0.15, 0.2) is 0 Å². The highest BCUT2D eigenvalue weighted by atomic mass is 16.6. The second kappa shape index (κ2) is 5.54. The summed E-state index contributed by atoms with van der Waals surface area (Å²) in [4.78, 5) is 38.1. The maximum atomic E-state index is 13.2. The summed E-state index contributed by atoms with van der Waals surface area (Å²) in [6.07, 6.45) is 2.98. The fraction of sp³-hybridized carbons (Fsp3) is 0.864. The smallest absolute Gasteiger partial charge is 0.315 e. The Balaban J connectivity index is 1.69. The molecule has 29 heavy (non-hydrogen) atoms. The summed E-state index contributed by atoms with van der Waals surface area (Å²) in [6.45, 7) is 5.28. The molecule has 5 aliphatic rings.